The summed E-state index contributed by atoms with van der Waals surface area (Å²) in [6.07, 6.45) is 8.46. The average molecular weight is 206 g/mol. The Morgan fingerprint density at radius 1 is 1.20 bits per heavy atom. The standard InChI is InChI=1S/C14H27B/c1-5-12-7-8-14(9-11(3)15-4)13(6-2)10-12/h12-15H,3,5-10H2,1-2,4H3. The lowest BCUT2D eigenvalue weighted by molar-refractivity contribution is 0.171. The van der Waals surface area contributed by atoms with Crippen LogP contribution < -0.4 is 0 Å². The van der Waals surface area contributed by atoms with Crippen molar-refractivity contribution in [2.45, 2.75) is 59.2 Å². The fraction of sp³-hybridized carbons (Fsp3) is 0.857. The normalized spacial score (nSPS) is 31.3. The fourth-order valence-electron chi connectivity index (χ4n) is 3.08. The van der Waals surface area contributed by atoms with Crippen molar-refractivity contribution < 1.29 is 0 Å². The number of hydrogen-bond acceptors (Lipinski definition) is 0. The molecule has 1 aliphatic rings. The van der Waals surface area contributed by atoms with Gasteiger partial charge in [-0.1, -0.05) is 39.9 Å². The molecule has 0 bridgehead atoms. The Bertz CT molecular complexity index is 198. The van der Waals surface area contributed by atoms with E-state index >= 15 is 0 Å². The summed E-state index contributed by atoms with van der Waals surface area (Å²) in [4.78, 5) is 0. The van der Waals surface area contributed by atoms with Gasteiger partial charge in [0.1, 0.15) is 7.28 Å². The SMILES string of the molecule is C=C(BC)CC1CCC(CC)CC1CC. The molecular formula is C14H27B. The van der Waals surface area contributed by atoms with Gasteiger partial charge in [-0.05, 0) is 37.0 Å². The first kappa shape index (κ1) is 12.9. The predicted molar refractivity (Wildman–Crippen MR) is 71.7 cm³/mol. The highest BCUT2D eigenvalue weighted by atomic mass is 14.3. The van der Waals surface area contributed by atoms with Gasteiger partial charge >= 0.3 is 0 Å². The first-order chi connectivity index (χ1) is 7.21. The molecule has 1 heteroatoms. The third kappa shape index (κ3) is 3.70. The largest absolute Gasteiger partial charge is 0.148 e. The summed E-state index contributed by atoms with van der Waals surface area (Å²) >= 11 is 0. The van der Waals surface area contributed by atoms with Gasteiger partial charge in [0, 0.05) is 0 Å². The predicted octanol–water partition coefficient (Wildman–Crippen LogP) is 4.23. The van der Waals surface area contributed by atoms with Crippen LogP contribution in [0.1, 0.15) is 52.4 Å². The molecule has 15 heavy (non-hydrogen) atoms. The van der Waals surface area contributed by atoms with E-state index in [0.29, 0.717) is 0 Å². The van der Waals surface area contributed by atoms with E-state index < -0.39 is 0 Å². The fourth-order valence-corrected chi connectivity index (χ4v) is 3.08. The van der Waals surface area contributed by atoms with Gasteiger partial charge in [-0.3, -0.25) is 0 Å². The summed E-state index contributed by atoms with van der Waals surface area (Å²) in [5.74, 6) is 2.94. The topological polar surface area (TPSA) is 0 Å². The van der Waals surface area contributed by atoms with Crippen molar-refractivity contribution >= 4 is 7.28 Å². The van der Waals surface area contributed by atoms with Crippen LogP contribution >= 0.6 is 0 Å². The van der Waals surface area contributed by atoms with Crippen LogP contribution in [0, 0.1) is 17.8 Å². The lowest BCUT2D eigenvalue weighted by Gasteiger charge is -2.36. The number of hydrogen-bond donors (Lipinski definition) is 0. The second kappa shape index (κ2) is 6.40. The molecule has 0 radical (unpaired) electrons. The van der Waals surface area contributed by atoms with E-state index in [9.17, 15) is 0 Å². The molecule has 3 atom stereocenters. The van der Waals surface area contributed by atoms with Crippen molar-refractivity contribution in [3.05, 3.63) is 12.1 Å². The first-order valence-electron chi connectivity index (χ1n) is 6.87. The molecule has 0 aromatic carbocycles. The van der Waals surface area contributed by atoms with Crippen LogP contribution in [0.25, 0.3) is 0 Å². The van der Waals surface area contributed by atoms with Gasteiger partial charge in [0.2, 0.25) is 0 Å². The highest BCUT2D eigenvalue weighted by Gasteiger charge is 2.28. The lowest BCUT2D eigenvalue weighted by atomic mass is 9.64. The summed E-state index contributed by atoms with van der Waals surface area (Å²) in [5, 5.41) is 0. The molecule has 1 rings (SSSR count). The molecule has 0 amide bonds. The summed E-state index contributed by atoms with van der Waals surface area (Å²) in [6, 6.07) is 0. The Balaban J connectivity index is 2.47. The lowest BCUT2D eigenvalue weighted by Crippen LogP contribution is -2.25. The molecule has 0 nitrogen and oxygen atoms in total. The zero-order valence-electron chi connectivity index (χ0n) is 10.9. The van der Waals surface area contributed by atoms with Crippen molar-refractivity contribution in [2.75, 3.05) is 0 Å². The zero-order chi connectivity index (χ0) is 11.3. The molecule has 1 aliphatic carbocycles. The van der Waals surface area contributed by atoms with Gasteiger partial charge in [-0.15, -0.1) is 12.1 Å². The van der Waals surface area contributed by atoms with E-state index in [2.05, 4.69) is 27.2 Å². The van der Waals surface area contributed by atoms with Crippen LogP contribution in [-0.2, 0) is 0 Å². The van der Waals surface area contributed by atoms with E-state index in [1.165, 1.54) is 51.3 Å². The molecular weight excluding hydrogens is 179 g/mol. The summed E-state index contributed by atoms with van der Waals surface area (Å²) in [7, 11) is 1.17. The molecule has 0 spiro atoms. The van der Waals surface area contributed by atoms with Crippen LogP contribution in [0.2, 0.25) is 6.82 Å². The van der Waals surface area contributed by atoms with E-state index in [1.807, 2.05) is 0 Å². The summed E-state index contributed by atoms with van der Waals surface area (Å²) in [5.41, 5.74) is 1.47. The van der Waals surface area contributed by atoms with Gasteiger partial charge in [0.05, 0.1) is 0 Å². The summed E-state index contributed by atoms with van der Waals surface area (Å²) in [6.45, 7) is 11.1. The highest BCUT2D eigenvalue weighted by molar-refractivity contribution is 6.43. The Morgan fingerprint density at radius 2 is 1.93 bits per heavy atom. The van der Waals surface area contributed by atoms with Gasteiger partial charge in [-0.2, -0.15) is 0 Å². The van der Waals surface area contributed by atoms with Crippen LogP contribution in [0.4, 0.5) is 0 Å². The van der Waals surface area contributed by atoms with Gasteiger partial charge < -0.3 is 0 Å². The zero-order valence-corrected chi connectivity index (χ0v) is 10.9. The maximum atomic E-state index is 4.18. The minimum atomic E-state index is 0.949. The van der Waals surface area contributed by atoms with E-state index in [0.717, 1.165) is 17.8 Å². The quantitative estimate of drug-likeness (QED) is 0.590. The van der Waals surface area contributed by atoms with E-state index in [-0.39, 0.29) is 0 Å². The molecule has 3 unspecified atom stereocenters. The maximum absolute atomic E-state index is 4.18. The molecule has 0 aliphatic heterocycles. The van der Waals surface area contributed by atoms with Crippen molar-refractivity contribution in [3.63, 3.8) is 0 Å². The third-order valence-electron chi connectivity index (χ3n) is 4.40. The maximum Gasteiger partial charge on any atom is 0.148 e. The second-order valence-corrected chi connectivity index (χ2v) is 5.32. The Labute approximate surface area is 96.8 Å². The van der Waals surface area contributed by atoms with Crippen molar-refractivity contribution in [1.29, 1.82) is 0 Å². The van der Waals surface area contributed by atoms with Crippen LogP contribution in [0.3, 0.4) is 0 Å². The Hall–Kier alpha value is -0.195. The molecule has 1 saturated carbocycles. The monoisotopic (exact) mass is 206 g/mol. The van der Waals surface area contributed by atoms with E-state index in [1.54, 1.807) is 0 Å². The first-order valence-corrected chi connectivity index (χ1v) is 6.87. The van der Waals surface area contributed by atoms with E-state index in [4.69, 9.17) is 0 Å². The van der Waals surface area contributed by atoms with Gasteiger partial charge in [0.15, 0.2) is 0 Å². The Morgan fingerprint density at radius 3 is 2.47 bits per heavy atom. The van der Waals surface area contributed by atoms with Crippen molar-refractivity contribution in [1.82, 2.24) is 0 Å². The van der Waals surface area contributed by atoms with Gasteiger partial charge in [0.25, 0.3) is 0 Å². The summed E-state index contributed by atoms with van der Waals surface area (Å²) < 4.78 is 0. The second-order valence-electron chi connectivity index (χ2n) is 5.32. The molecule has 1 fully saturated rings. The third-order valence-corrected chi connectivity index (χ3v) is 4.40. The molecule has 0 saturated heterocycles. The molecule has 86 valence electrons. The van der Waals surface area contributed by atoms with Crippen LogP contribution in [-0.4, -0.2) is 7.28 Å². The average Bonchev–Trinajstić information content (AvgIpc) is 2.29. The molecule has 0 N–H and O–H groups in total. The molecule has 0 heterocycles. The minimum absolute atomic E-state index is 0.949. The smallest absolute Gasteiger partial charge is 0.113 e. The number of allylic oxidation sites excluding steroid dienone is 1. The van der Waals surface area contributed by atoms with Crippen LogP contribution in [0.5, 0.6) is 0 Å². The molecule has 0 aromatic heterocycles. The molecule has 0 aromatic rings. The van der Waals surface area contributed by atoms with Crippen molar-refractivity contribution in [3.8, 4) is 0 Å². The minimum Gasteiger partial charge on any atom is -0.113 e. The Kier molecular flexibility index (Phi) is 5.49. The van der Waals surface area contributed by atoms with Crippen molar-refractivity contribution in [2.24, 2.45) is 17.8 Å². The number of rotatable bonds is 5. The highest BCUT2D eigenvalue weighted by Crippen LogP contribution is 2.39. The van der Waals surface area contributed by atoms with Crippen LogP contribution in [0.15, 0.2) is 12.1 Å². The van der Waals surface area contributed by atoms with Gasteiger partial charge in [-0.25, -0.2) is 0 Å².